The number of hydrogen-bond donors (Lipinski definition) is 1. The van der Waals surface area contributed by atoms with Crippen molar-refractivity contribution in [1.82, 2.24) is 20.3 Å². The van der Waals surface area contributed by atoms with Crippen LogP contribution in [0.15, 0.2) is 66.7 Å². The summed E-state index contributed by atoms with van der Waals surface area (Å²) in [6, 6.07) is 19.2. The van der Waals surface area contributed by atoms with Crippen molar-refractivity contribution in [2.75, 3.05) is 25.7 Å². The van der Waals surface area contributed by atoms with Gasteiger partial charge in [0.1, 0.15) is 29.6 Å². The number of carbonyl (C=O) groups is 2. The predicted molar refractivity (Wildman–Crippen MR) is 151 cm³/mol. The molecule has 9 heteroatoms. The van der Waals surface area contributed by atoms with E-state index in [1.54, 1.807) is 30.0 Å². The number of aryl methyl sites for hydroxylation is 1. The maximum absolute atomic E-state index is 14.3. The van der Waals surface area contributed by atoms with Crippen LogP contribution >= 0.6 is 0 Å². The van der Waals surface area contributed by atoms with Crippen molar-refractivity contribution in [2.24, 2.45) is 5.92 Å². The molecule has 1 N–H and O–H groups in total. The van der Waals surface area contributed by atoms with Crippen molar-refractivity contribution in [3.63, 3.8) is 0 Å². The van der Waals surface area contributed by atoms with Crippen LogP contribution in [0.4, 0.5) is 5.69 Å². The number of amides is 2. The molecule has 0 saturated heterocycles. The number of aromatic nitrogens is 3. The van der Waals surface area contributed by atoms with Crippen LogP contribution in [-0.2, 0) is 16.1 Å². The Balaban J connectivity index is 1.84. The van der Waals surface area contributed by atoms with Gasteiger partial charge in [-0.2, -0.15) is 0 Å². The van der Waals surface area contributed by atoms with Crippen LogP contribution in [0.5, 0.6) is 11.5 Å². The highest BCUT2D eigenvalue weighted by Gasteiger charge is 2.35. The normalized spacial score (nSPS) is 11.8. The topological polar surface area (TPSA) is 98.6 Å². The molecule has 9 nitrogen and oxygen atoms in total. The molecular weight excluding hydrogens is 494 g/mol. The monoisotopic (exact) mass is 529 g/mol. The summed E-state index contributed by atoms with van der Waals surface area (Å²) in [5.41, 5.74) is 3.53. The van der Waals surface area contributed by atoms with Crippen molar-refractivity contribution >= 4 is 28.5 Å². The van der Waals surface area contributed by atoms with E-state index < -0.39 is 6.04 Å². The second-order valence-electron chi connectivity index (χ2n) is 9.82. The first-order valence-corrected chi connectivity index (χ1v) is 13.0. The second kappa shape index (κ2) is 12.4. The molecule has 0 spiro atoms. The van der Waals surface area contributed by atoms with E-state index in [0.717, 1.165) is 17.5 Å². The number of nitrogens with zero attached hydrogens (tertiary/aromatic N) is 4. The summed E-state index contributed by atoms with van der Waals surface area (Å²) in [5, 5.41) is 11.4. The van der Waals surface area contributed by atoms with Gasteiger partial charge in [-0.15, -0.1) is 5.10 Å². The largest absolute Gasteiger partial charge is 0.497 e. The molecule has 204 valence electrons. The fourth-order valence-electron chi connectivity index (χ4n) is 4.39. The van der Waals surface area contributed by atoms with Gasteiger partial charge >= 0.3 is 0 Å². The Morgan fingerprint density at radius 1 is 1.00 bits per heavy atom. The number of para-hydroxylation sites is 1. The number of nitrogens with one attached hydrogen (secondary N) is 1. The first-order chi connectivity index (χ1) is 18.8. The van der Waals surface area contributed by atoms with E-state index in [1.807, 2.05) is 55.5 Å². The summed E-state index contributed by atoms with van der Waals surface area (Å²) in [4.78, 5) is 29.6. The molecule has 2 amide bonds. The van der Waals surface area contributed by atoms with Crippen LogP contribution in [-0.4, -0.2) is 47.6 Å². The lowest BCUT2D eigenvalue weighted by Crippen LogP contribution is -2.45. The Morgan fingerprint density at radius 3 is 2.44 bits per heavy atom. The van der Waals surface area contributed by atoms with Gasteiger partial charge in [0.15, 0.2) is 0 Å². The molecule has 1 unspecified atom stereocenters. The smallest absolute Gasteiger partial charge is 0.249 e. The van der Waals surface area contributed by atoms with Crippen LogP contribution in [0, 0.1) is 12.8 Å². The fraction of sp³-hybridized carbons (Fsp3) is 0.333. The molecule has 0 aliphatic heterocycles. The molecule has 39 heavy (non-hydrogen) atoms. The zero-order valence-electron chi connectivity index (χ0n) is 23.0. The molecule has 1 heterocycles. The molecule has 1 atom stereocenters. The van der Waals surface area contributed by atoms with Gasteiger partial charge in [-0.3, -0.25) is 14.5 Å². The highest BCUT2D eigenvalue weighted by Crippen LogP contribution is 2.38. The maximum atomic E-state index is 14.3. The Labute approximate surface area is 228 Å². The third-order valence-corrected chi connectivity index (χ3v) is 6.54. The molecule has 3 aromatic carbocycles. The molecular formula is C30H35N5O4. The SMILES string of the molecule is COc1ccc(OC)c(N(C(=O)Cn2nnc3ccccc32)C(C(=O)NCCC(C)C)c2ccc(C)cc2)c1. The van der Waals surface area contributed by atoms with Gasteiger partial charge in [0.05, 0.1) is 25.4 Å². The third kappa shape index (κ3) is 6.37. The molecule has 0 fully saturated rings. The average molecular weight is 530 g/mol. The Kier molecular flexibility index (Phi) is 8.81. The van der Waals surface area contributed by atoms with Gasteiger partial charge in [0.25, 0.3) is 0 Å². The van der Waals surface area contributed by atoms with Gasteiger partial charge < -0.3 is 14.8 Å². The van der Waals surface area contributed by atoms with E-state index in [0.29, 0.717) is 40.7 Å². The number of fused-ring (bicyclic) bond motifs is 1. The van der Waals surface area contributed by atoms with E-state index in [1.165, 1.54) is 12.0 Å². The minimum absolute atomic E-state index is 0.136. The van der Waals surface area contributed by atoms with Gasteiger partial charge in [-0.05, 0) is 49.1 Å². The van der Waals surface area contributed by atoms with Crippen LogP contribution in [0.3, 0.4) is 0 Å². The number of hydrogen-bond acceptors (Lipinski definition) is 6. The maximum Gasteiger partial charge on any atom is 0.249 e. The lowest BCUT2D eigenvalue weighted by Gasteiger charge is -2.32. The van der Waals surface area contributed by atoms with Gasteiger partial charge in [-0.25, -0.2) is 4.68 Å². The highest BCUT2D eigenvalue weighted by molar-refractivity contribution is 6.02. The van der Waals surface area contributed by atoms with E-state index >= 15 is 0 Å². The summed E-state index contributed by atoms with van der Waals surface area (Å²) in [5.74, 6) is 0.722. The number of methoxy groups -OCH3 is 2. The average Bonchev–Trinajstić information content (AvgIpc) is 3.34. The number of anilines is 1. The van der Waals surface area contributed by atoms with Crippen molar-refractivity contribution in [1.29, 1.82) is 0 Å². The van der Waals surface area contributed by atoms with E-state index in [9.17, 15) is 9.59 Å². The first kappa shape index (κ1) is 27.6. The molecule has 0 saturated carbocycles. The summed E-state index contributed by atoms with van der Waals surface area (Å²) in [6.07, 6.45) is 0.813. The summed E-state index contributed by atoms with van der Waals surface area (Å²) in [6.45, 7) is 6.53. The Morgan fingerprint density at radius 2 is 1.74 bits per heavy atom. The summed E-state index contributed by atoms with van der Waals surface area (Å²) >= 11 is 0. The quantitative estimate of drug-likeness (QED) is 0.303. The van der Waals surface area contributed by atoms with Crippen LogP contribution in [0.1, 0.15) is 37.4 Å². The summed E-state index contributed by atoms with van der Waals surface area (Å²) in [7, 11) is 3.08. The standard InChI is InChI=1S/C30H35N5O4/c1-20(2)16-17-31-30(37)29(22-12-10-21(3)11-13-22)35(26-18-23(38-4)14-15-27(26)39-5)28(36)19-34-25-9-7-6-8-24(25)32-33-34/h6-15,18,20,29H,16-17,19H2,1-5H3,(H,31,37). The lowest BCUT2D eigenvalue weighted by atomic mass is 10.0. The molecule has 0 aliphatic rings. The third-order valence-electron chi connectivity index (χ3n) is 6.54. The molecule has 0 radical (unpaired) electrons. The number of carbonyl (C=O) groups excluding carboxylic acids is 2. The molecule has 1 aromatic heterocycles. The predicted octanol–water partition coefficient (Wildman–Crippen LogP) is 4.69. The van der Waals surface area contributed by atoms with Crippen molar-refractivity contribution < 1.29 is 19.1 Å². The van der Waals surface area contributed by atoms with Crippen molar-refractivity contribution in [2.45, 2.75) is 39.8 Å². The van der Waals surface area contributed by atoms with E-state index in [-0.39, 0.29) is 18.4 Å². The van der Waals surface area contributed by atoms with Crippen molar-refractivity contribution in [3.05, 3.63) is 77.9 Å². The zero-order valence-corrected chi connectivity index (χ0v) is 23.0. The number of benzene rings is 3. The van der Waals surface area contributed by atoms with Crippen molar-refractivity contribution in [3.8, 4) is 11.5 Å². The summed E-state index contributed by atoms with van der Waals surface area (Å²) < 4.78 is 12.7. The number of ether oxygens (including phenoxy) is 2. The Bertz CT molecular complexity index is 1430. The Hall–Kier alpha value is -4.40. The minimum atomic E-state index is -0.971. The first-order valence-electron chi connectivity index (χ1n) is 13.0. The second-order valence-corrected chi connectivity index (χ2v) is 9.82. The van der Waals surface area contributed by atoms with E-state index in [2.05, 4.69) is 29.5 Å². The van der Waals surface area contributed by atoms with Crippen LogP contribution in [0.25, 0.3) is 11.0 Å². The zero-order chi connectivity index (χ0) is 27.9. The van der Waals surface area contributed by atoms with Gasteiger partial charge in [0, 0.05) is 12.6 Å². The molecule has 4 aromatic rings. The van der Waals surface area contributed by atoms with Crippen LogP contribution in [0.2, 0.25) is 0 Å². The van der Waals surface area contributed by atoms with E-state index in [4.69, 9.17) is 9.47 Å². The van der Waals surface area contributed by atoms with Crippen LogP contribution < -0.4 is 19.7 Å². The fourth-order valence-corrected chi connectivity index (χ4v) is 4.39. The lowest BCUT2D eigenvalue weighted by molar-refractivity contribution is -0.127. The highest BCUT2D eigenvalue weighted by atomic mass is 16.5. The number of rotatable bonds is 11. The van der Waals surface area contributed by atoms with Gasteiger partial charge in [0.2, 0.25) is 11.8 Å². The van der Waals surface area contributed by atoms with Gasteiger partial charge in [-0.1, -0.05) is 61.0 Å². The minimum Gasteiger partial charge on any atom is -0.497 e. The molecule has 0 bridgehead atoms. The molecule has 0 aliphatic carbocycles. The molecule has 4 rings (SSSR count).